The molecule has 6 heteroatoms. The molecule has 2 atom stereocenters. The molecule has 2 aliphatic rings. The van der Waals surface area contributed by atoms with Gasteiger partial charge in [-0.2, -0.15) is 0 Å². The van der Waals surface area contributed by atoms with Gasteiger partial charge in [-0.3, -0.25) is 4.79 Å². The van der Waals surface area contributed by atoms with Gasteiger partial charge in [-0.1, -0.05) is 49.0 Å². The normalized spacial score (nSPS) is 21.8. The Kier molecular flexibility index (Phi) is 4.85. The van der Waals surface area contributed by atoms with Crippen molar-refractivity contribution in [3.05, 3.63) is 47.8 Å². The molecule has 1 heterocycles. The Morgan fingerprint density at radius 3 is 2.92 bits per heavy atom. The first-order valence-electron chi connectivity index (χ1n) is 9.18. The molecular formula is C20H23N3O2S. The monoisotopic (exact) mass is 369 g/mol. The standard InChI is InChI=1S/C20H23N3O2S/c1-3-25-18(24)11-26-20-22-21-12-23(20)19-13(2)10-17(14-8-9-14)15-6-4-5-7-16(15)19/h4-7,10,12-14,19H,3,8-9,11H2,1-2H3. The molecule has 0 saturated heterocycles. The third kappa shape index (κ3) is 3.30. The Balaban J connectivity index is 1.64. The SMILES string of the molecule is CCOC(=O)CSc1nncn1C1c2ccccc2C(C2CC2)=CC1C. The van der Waals surface area contributed by atoms with E-state index in [1.54, 1.807) is 6.33 Å². The average molecular weight is 369 g/mol. The maximum Gasteiger partial charge on any atom is 0.316 e. The molecule has 1 aromatic carbocycles. The number of nitrogens with zero attached hydrogens (tertiary/aromatic N) is 3. The Morgan fingerprint density at radius 1 is 1.35 bits per heavy atom. The van der Waals surface area contributed by atoms with Crippen LogP contribution in [0.1, 0.15) is 43.9 Å². The van der Waals surface area contributed by atoms with E-state index >= 15 is 0 Å². The van der Waals surface area contributed by atoms with E-state index in [1.165, 1.54) is 41.3 Å². The van der Waals surface area contributed by atoms with Crippen LogP contribution in [0.15, 0.2) is 41.8 Å². The average Bonchev–Trinajstić information content (AvgIpc) is 3.38. The lowest BCUT2D eigenvalue weighted by atomic mass is 9.80. The fourth-order valence-corrected chi connectivity index (χ4v) is 4.52. The van der Waals surface area contributed by atoms with Gasteiger partial charge in [0.15, 0.2) is 5.16 Å². The van der Waals surface area contributed by atoms with Crippen molar-refractivity contribution in [2.75, 3.05) is 12.4 Å². The molecule has 26 heavy (non-hydrogen) atoms. The second-order valence-corrected chi connectivity index (χ2v) is 7.84. The molecule has 0 amide bonds. The van der Waals surface area contributed by atoms with Crippen LogP contribution >= 0.6 is 11.8 Å². The van der Waals surface area contributed by atoms with Gasteiger partial charge in [0.2, 0.25) is 0 Å². The van der Waals surface area contributed by atoms with E-state index in [1.807, 2.05) is 6.92 Å². The van der Waals surface area contributed by atoms with Crippen LogP contribution in [0.4, 0.5) is 0 Å². The second-order valence-electron chi connectivity index (χ2n) is 6.90. The van der Waals surface area contributed by atoms with Crippen LogP contribution in [0.5, 0.6) is 0 Å². The summed E-state index contributed by atoms with van der Waals surface area (Å²) in [5, 5.41) is 9.12. The van der Waals surface area contributed by atoms with Gasteiger partial charge < -0.3 is 9.30 Å². The number of carbonyl (C=O) groups is 1. The quantitative estimate of drug-likeness (QED) is 0.570. The molecule has 1 aromatic heterocycles. The molecule has 1 saturated carbocycles. The summed E-state index contributed by atoms with van der Waals surface area (Å²) in [7, 11) is 0. The van der Waals surface area contributed by atoms with Gasteiger partial charge in [0.05, 0.1) is 18.4 Å². The summed E-state index contributed by atoms with van der Waals surface area (Å²) in [6.07, 6.45) is 6.79. The Morgan fingerprint density at radius 2 is 2.15 bits per heavy atom. The number of fused-ring (bicyclic) bond motifs is 1. The highest BCUT2D eigenvalue weighted by atomic mass is 32.2. The molecule has 2 aliphatic carbocycles. The highest BCUT2D eigenvalue weighted by molar-refractivity contribution is 7.99. The van der Waals surface area contributed by atoms with E-state index in [4.69, 9.17) is 4.74 Å². The molecule has 4 rings (SSSR count). The third-order valence-electron chi connectivity index (χ3n) is 5.01. The van der Waals surface area contributed by atoms with Crippen LogP contribution in [0.25, 0.3) is 5.57 Å². The zero-order chi connectivity index (χ0) is 18.1. The second kappa shape index (κ2) is 7.27. The van der Waals surface area contributed by atoms with E-state index in [-0.39, 0.29) is 17.8 Å². The Bertz CT molecular complexity index is 841. The first-order valence-corrected chi connectivity index (χ1v) is 10.2. The molecule has 2 unspecified atom stereocenters. The molecule has 5 nitrogen and oxygen atoms in total. The summed E-state index contributed by atoms with van der Waals surface area (Å²) >= 11 is 1.39. The van der Waals surface area contributed by atoms with Crippen molar-refractivity contribution < 1.29 is 9.53 Å². The van der Waals surface area contributed by atoms with Crippen LogP contribution in [0.3, 0.4) is 0 Å². The van der Waals surface area contributed by atoms with Crippen molar-refractivity contribution in [3.8, 4) is 0 Å². The summed E-state index contributed by atoms with van der Waals surface area (Å²) in [4.78, 5) is 11.7. The third-order valence-corrected chi connectivity index (χ3v) is 5.94. The number of aromatic nitrogens is 3. The fourth-order valence-electron chi connectivity index (χ4n) is 3.77. The predicted octanol–water partition coefficient (Wildman–Crippen LogP) is 3.97. The number of hydrogen-bond donors (Lipinski definition) is 0. The highest BCUT2D eigenvalue weighted by Gasteiger charge is 2.35. The van der Waals surface area contributed by atoms with Crippen molar-refractivity contribution >= 4 is 23.3 Å². The lowest BCUT2D eigenvalue weighted by molar-refractivity contribution is -0.139. The van der Waals surface area contributed by atoms with Crippen molar-refractivity contribution in [3.63, 3.8) is 0 Å². The maximum absolute atomic E-state index is 11.7. The first-order chi connectivity index (χ1) is 12.7. The number of rotatable bonds is 6. The van der Waals surface area contributed by atoms with Gasteiger partial charge in [0.1, 0.15) is 6.33 Å². The molecule has 136 valence electrons. The molecule has 0 bridgehead atoms. The largest absolute Gasteiger partial charge is 0.465 e. The lowest BCUT2D eigenvalue weighted by Gasteiger charge is -2.32. The minimum absolute atomic E-state index is 0.147. The summed E-state index contributed by atoms with van der Waals surface area (Å²) in [6.45, 7) is 4.46. The predicted molar refractivity (Wildman–Crippen MR) is 102 cm³/mol. The van der Waals surface area contributed by atoms with Crippen LogP contribution in [0.2, 0.25) is 0 Å². The van der Waals surface area contributed by atoms with E-state index in [0.717, 1.165) is 11.1 Å². The number of hydrogen-bond acceptors (Lipinski definition) is 5. The van der Waals surface area contributed by atoms with E-state index in [2.05, 4.69) is 52.0 Å². The van der Waals surface area contributed by atoms with Crippen LogP contribution in [-0.4, -0.2) is 33.1 Å². The summed E-state index contributed by atoms with van der Waals surface area (Å²) in [5.41, 5.74) is 4.17. The Hall–Kier alpha value is -2.08. The minimum atomic E-state index is -0.222. The smallest absolute Gasteiger partial charge is 0.316 e. The van der Waals surface area contributed by atoms with Crippen molar-refractivity contribution in [1.82, 2.24) is 14.8 Å². The van der Waals surface area contributed by atoms with Gasteiger partial charge in [-0.05, 0) is 48.3 Å². The van der Waals surface area contributed by atoms with Crippen molar-refractivity contribution in [2.45, 2.75) is 37.9 Å². The minimum Gasteiger partial charge on any atom is -0.465 e. The lowest BCUT2D eigenvalue weighted by Crippen LogP contribution is -2.23. The molecule has 0 spiro atoms. The number of carbonyl (C=O) groups excluding carboxylic acids is 1. The molecule has 0 N–H and O–H groups in total. The summed E-state index contributed by atoms with van der Waals surface area (Å²) < 4.78 is 7.13. The van der Waals surface area contributed by atoms with Crippen LogP contribution in [-0.2, 0) is 9.53 Å². The zero-order valence-corrected chi connectivity index (χ0v) is 15.9. The number of esters is 1. The zero-order valence-electron chi connectivity index (χ0n) is 15.1. The number of allylic oxidation sites excluding steroid dienone is 2. The Labute approximate surface area is 157 Å². The molecule has 0 aliphatic heterocycles. The van der Waals surface area contributed by atoms with Gasteiger partial charge in [0, 0.05) is 0 Å². The fraction of sp³-hybridized carbons (Fsp3) is 0.450. The molecular weight excluding hydrogens is 346 g/mol. The van der Waals surface area contributed by atoms with Gasteiger partial charge in [-0.15, -0.1) is 10.2 Å². The first kappa shape index (κ1) is 17.3. The number of ether oxygens (including phenoxy) is 1. The van der Waals surface area contributed by atoms with E-state index in [9.17, 15) is 4.79 Å². The number of benzene rings is 1. The van der Waals surface area contributed by atoms with Gasteiger partial charge >= 0.3 is 5.97 Å². The van der Waals surface area contributed by atoms with Gasteiger partial charge in [0.25, 0.3) is 0 Å². The highest BCUT2D eigenvalue weighted by Crippen LogP contribution is 2.49. The maximum atomic E-state index is 11.7. The van der Waals surface area contributed by atoms with Crippen molar-refractivity contribution in [1.29, 1.82) is 0 Å². The van der Waals surface area contributed by atoms with Gasteiger partial charge in [-0.25, -0.2) is 0 Å². The molecule has 0 radical (unpaired) electrons. The van der Waals surface area contributed by atoms with E-state index < -0.39 is 0 Å². The summed E-state index contributed by atoms with van der Waals surface area (Å²) in [5.74, 6) is 1.09. The molecule has 2 aromatic rings. The summed E-state index contributed by atoms with van der Waals surface area (Å²) in [6, 6.07) is 8.81. The topological polar surface area (TPSA) is 57.0 Å². The van der Waals surface area contributed by atoms with Crippen LogP contribution in [0, 0.1) is 11.8 Å². The van der Waals surface area contributed by atoms with Crippen LogP contribution < -0.4 is 0 Å². The van der Waals surface area contributed by atoms with E-state index in [0.29, 0.717) is 12.5 Å². The number of thioether (sulfide) groups is 1. The van der Waals surface area contributed by atoms with Crippen molar-refractivity contribution in [2.24, 2.45) is 11.8 Å². The molecule has 1 fully saturated rings.